The van der Waals surface area contributed by atoms with Gasteiger partial charge in [-0.3, -0.25) is 4.79 Å². The zero-order valence-corrected chi connectivity index (χ0v) is 8.50. The highest BCUT2D eigenvalue weighted by Crippen LogP contribution is 2.23. The van der Waals surface area contributed by atoms with Crippen LogP contribution in [0.15, 0.2) is 16.5 Å². The summed E-state index contributed by atoms with van der Waals surface area (Å²) in [6.45, 7) is 6.24. The Morgan fingerprint density at radius 1 is 1.38 bits per heavy atom. The van der Waals surface area contributed by atoms with Crippen LogP contribution in [-0.4, -0.2) is 18.9 Å². The van der Waals surface area contributed by atoms with Gasteiger partial charge in [0, 0.05) is 18.7 Å². The largest absolute Gasteiger partial charge is 0.438 e. The molecule has 0 aliphatic heterocycles. The lowest BCUT2D eigenvalue weighted by atomic mass is 10.1. The number of hydrogen-bond acceptors (Lipinski definition) is 3. The molecule has 13 heavy (non-hydrogen) atoms. The Hall–Kier alpha value is -1.25. The average molecular weight is 181 g/mol. The molecule has 0 unspecified atom stereocenters. The highest BCUT2D eigenvalue weighted by molar-refractivity contribution is 5.71. The Labute approximate surface area is 78.3 Å². The van der Waals surface area contributed by atoms with Crippen LogP contribution in [0.1, 0.15) is 31.3 Å². The first-order valence-corrected chi connectivity index (χ1v) is 4.24. The lowest BCUT2D eigenvalue weighted by molar-refractivity contribution is 0.110. The highest BCUT2D eigenvalue weighted by Gasteiger charge is 2.19. The van der Waals surface area contributed by atoms with E-state index in [0.29, 0.717) is 12.0 Å². The molecule has 3 heteroatoms. The van der Waals surface area contributed by atoms with Crippen molar-refractivity contribution in [3.63, 3.8) is 0 Å². The number of carbonyl (C=O) groups is 1. The SMILES string of the molecule is CN(c1ccc(C=O)o1)C(C)(C)C. The summed E-state index contributed by atoms with van der Waals surface area (Å²) in [5, 5.41) is 0. The van der Waals surface area contributed by atoms with Gasteiger partial charge in [0.25, 0.3) is 0 Å². The maximum atomic E-state index is 10.4. The molecule has 0 aromatic carbocycles. The average Bonchev–Trinajstić information content (AvgIpc) is 2.48. The molecule has 72 valence electrons. The Balaban J connectivity index is 2.89. The molecule has 0 aliphatic carbocycles. The van der Waals surface area contributed by atoms with Gasteiger partial charge in [0.05, 0.1) is 0 Å². The van der Waals surface area contributed by atoms with Crippen LogP contribution in [0.4, 0.5) is 5.88 Å². The van der Waals surface area contributed by atoms with Crippen LogP contribution >= 0.6 is 0 Å². The van der Waals surface area contributed by atoms with Gasteiger partial charge in [-0.05, 0) is 26.8 Å². The molecule has 0 fully saturated rings. The van der Waals surface area contributed by atoms with Gasteiger partial charge in [0.15, 0.2) is 17.9 Å². The Bertz CT molecular complexity index is 296. The molecule has 0 amide bonds. The van der Waals surface area contributed by atoms with E-state index >= 15 is 0 Å². The molecule has 0 saturated carbocycles. The van der Waals surface area contributed by atoms with Gasteiger partial charge < -0.3 is 9.32 Å². The number of rotatable bonds is 2. The molecule has 1 heterocycles. The second-order valence-electron chi connectivity index (χ2n) is 4.02. The first-order valence-electron chi connectivity index (χ1n) is 4.24. The number of carbonyl (C=O) groups excluding carboxylic acids is 1. The number of anilines is 1. The van der Waals surface area contributed by atoms with E-state index in [-0.39, 0.29) is 5.54 Å². The maximum Gasteiger partial charge on any atom is 0.196 e. The minimum Gasteiger partial charge on any atom is -0.438 e. The van der Waals surface area contributed by atoms with Crippen LogP contribution in [0.25, 0.3) is 0 Å². The summed E-state index contributed by atoms with van der Waals surface area (Å²) >= 11 is 0. The molecule has 0 saturated heterocycles. The van der Waals surface area contributed by atoms with E-state index < -0.39 is 0 Å². The number of hydrogen-bond donors (Lipinski definition) is 0. The molecule has 0 aliphatic rings. The molecule has 1 aromatic heterocycles. The summed E-state index contributed by atoms with van der Waals surface area (Å²) in [5.41, 5.74) is -0.00198. The minimum atomic E-state index is -0.00198. The summed E-state index contributed by atoms with van der Waals surface area (Å²) in [5.74, 6) is 1.08. The molecule has 0 bridgehead atoms. The third kappa shape index (κ3) is 2.11. The van der Waals surface area contributed by atoms with Gasteiger partial charge in [-0.1, -0.05) is 0 Å². The maximum absolute atomic E-state index is 10.4. The Morgan fingerprint density at radius 3 is 2.38 bits per heavy atom. The summed E-state index contributed by atoms with van der Waals surface area (Å²) in [6.07, 6.45) is 0.708. The fraction of sp³-hybridized carbons (Fsp3) is 0.500. The van der Waals surface area contributed by atoms with Crippen molar-refractivity contribution < 1.29 is 9.21 Å². The third-order valence-electron chi connectivity index (χ3n) is 2.07. The van der Waals surface area contributed by atoms with E-state index in [0.717, 1.165) is 5.88 Å². The molecule has 0 atom stereocenters. The van der Waals surface area contributed by atoms with Crippen LogP contribution in [0.2, 0.25) is 0 Å². The van der Waals surface area contributed by atoms with Crippen molar-refractivity contribution in [1.82, 2.24) is 0 Å². The van der Waals surface area contributed by atoms with Crippen LogP contribution in [0.5, 0.6) is 0 Å². The normalized spacial score (nSPS) is 11.4. The van der Waals surface area contributed by atoms with Gasteiger partial charge in [-0.15, -0.1) is 0 Å². The third-order valence-corrected chi connectivity index (χ3v) is 2.07. The summed E-state index contributed by atoms with van der Waals surface area (Å²) in [6, 6.07) is 3.47. The van der Waals surface area contributed by atoms with Gasteiger partial charge in [-0.2, -0.15) is 0 Å². The molecular formula is C10H15NO2. The van der Waals surface area contributed by atoms with Crippen LogP contribution in [0.3, 0.4) is 0 Å². The zero-order chi connectivity index (χ0) is 10.1. The van der Waals surface area contributed by atoms with Crippen LogP contribution in [-0.2, 0) is 0 Å². The Morgan fingerprint density at radius 2 is 2.00 bits per heavy atom. The lowest BCUT2D eigenvalue weighted by Gasteiger charge is -2.31. The highest BCUT2D eigenvalue weighted by atomic mass is 16.4. The van der Waals surface area contributed by atoms with E-state index in [2.05, 4.69) is 20.8 Å². The lowest BCUT2D eigenvalue weighted by Crippen LogP contribution is -2.37. The molecule has 1 rings (SSSR count). The van der Waals surface area contributed by atoms with Gasteiger partial charge in [0.2, 0.25) is 0 Å². The fourth-order valence-electron chi connectivity index (χ4n) is 0.916. The summed E-state index contributed by atoms with van der Waals surface area (Å²) < 4.78 is 5.28. The van der Waals surface area contributed by atoms with Crippen molar-refractivity contribution in [3.05, 3.63) is 17.9 Å². The fourth-order valence-corrected chi connectivity index (χ4v) is 0.916. The predicted molar refractivity (Wildman–Crippen MR) is 52.3 cm³/mol. The molecular weight excluding hydrogens is 166 g/mol. The van der Waals surface area contributed by atoms with E-state index in [4.69, 9.17) is 4.42 Å². The molecule has 0 spiro atoms. The second kappa shape index (κ2) is 3.24. The van der Waals surface area contributed by atoms with E-state index in [1.54, 1.807) is 12.1 Å². The molecule has 0 N–H and O–H groups in total. The van der Waals surface area contributed by atoms with Gasteiger partial charge in [-0.25, -0.2) is 0 Å². The van der Waals surface area contributed by atoms with Gasteiger partial charge in [0.1, 0.15) is 0 Å². The standard InChI is InChI=1S/C10H15NO2/c1-10(2,3)11(4)9-6-5-8(7-12)13-9/h5-7H,1-4H3. The molecule has 3 nitrogen and oxygen atoms in total. The Kier molecular flexibility index (Phi) is 2.45. The summed E-state index contributed by atoms with van der Waals surface area (Å²) in [4.78, 5) is 12.4. The molecule has 0 radical (unpaired) electrons. The smallest absolute Gasteiger partial charge is 0.196 e. The van der Waals surface area contributed by atoms with Crippen LogP contribution < -0.4 is 4.90 Å². The van der Waals surface area contributed by atoms with Crippen LogP contribution in [0, 0.1) is 0 Å². The monoisotopic (exact) mass is 181 g/mol. The minimum absolute atomic E-state index is 0.00198. The zero-order valence-electron chi connectivity index (χ0n) is 8.50. The first kappa shape index (κ1) is 9.84. The number of aldehydes is 1. The van der Waals surface area contributed by atoms with Gasteiger partial charge >= 0.3 is 0 Å². The van der Waals surface area contributed by atoms with Crippen molar-refractivity contribution in [2.45, 2.75) is 26.3 Å². The second-order valence-corrected chi connectivity index (χ2v) is 4.02. The quantitative estimate of drug-likeness (QED) is 0.656. The van der Waals surface area contributed by atoms with Crippen molar-refractivity contribution >= 4 is 12.2 Å². The van der Waals surface area contributed by atoms with E-state index in [1.807, 2.05) is 11.9 Å². The summed E-state index contributed by atoms with van der Waals surface area (Å²) in [7, 11) is 1.94. The van der Waals surface area contributed by atoms with E-state index in [9.17, 15) is 4.79 Å². The number of furan rings is 1. The van der Waals surface area contributed by atoms with E-state index in [1.165, 1.54) is 0 Å². The molecule has 1 aromatic rings. The van der Waals surface area contributed by atoms with Crippen molar-refractivity contribution in [1.29, 1.82) is 0 Å². The van der Waals surface area contributed by atoms with Crippen molar-refractivity contribution in [3.8, 4) is 0 Å². The van der Waals surface area contributed by atoms with Crippen molar-refractivity contribution in [2.24, 2.45) is 0 Å². The number of nitrogens with zero attached hydrogens (tertiary/aromatic N) is 1. The predicted octanol–water partition coefficient (Wildman–Crippen LogP) is 2.33. The first-order chi connectivity index (χ1) is 5.95. The van der Waals surface area contributed by atoms with Crippen molar-refractivity contribution in [2.75, 3.05) is 11.9 Å². The topological polar surface area (TPSA) is 33.5 Å².